The average Bonchev–Trinajstić information content (AvgIpc) is 3.42. The third-order valence-electron chi connectivity index (χ3n) is 11.5. The highest BCUT2D eigenvalue weighted by molar-refractivity contribution is 9.10. The molecule has 0 saturated carbocycles. The molecule has 79 heavy (non-hydrogen) atoms. The van der Waals surface area contributed by atoms with Crippen molar-refractivity contribution in [3.05, 3.63) is 272 Å². The summed E-state index contributed by atoms with van der Waals surface area (Å²) in [4.78, 5) is 10.8. The second kappa shape index (κ2) is 37.7. The molecular weight excluding hydrogens is 1270 g/mol. The second-order valence-corrected chi connectivity index (χ2v) is 21.9. The summed E-state index contributed by atoms with van der Waals surface area (Å²) in [6.45, 7) is 11.9. The molecule has 2 unspecified atom stereocenters. The molecule has 0 spiro atoms. The lowest BCUT2D eigenvalue weighted by atomic mass is 10.0. The quantitative estimate of drug-likeness (QED) is 0.0308. The van der Waals surface area contributed by atoms with Crippen LogP contribution in [0.4, 0.5) is 5.69 Å². The number of nitrogens with two attached hydrogens (primary N) is 3. The van der Waals surface area contributed by atoms with Gasteiger partial charge in [0.1, 0.15) is 0 Å². The molecule has 0 saturated heterocycles. The molecule has 0 aliphatic heterocycles. The first-order valence-electron chi connectivity index (χ1n) is 24.2. The van der Waals surface area contributed by atoms with Crippen molar-refractivity contribution in [1.29, 1.82) is 5.41 Å². The normalized spacial score (nSPS) is 12.1. The predicted molar refractivity (Wildman–Crippen MR) is 348 cm³/mol. The van der Waals surface area contributed by atoms with Crippen molar-refractivity contribution in [2.75, 3.05) is 5.73 Å². The van der Waals surface area contributed by atoms with Crippen LogP contribution in [0.1, 0.15) is 128 Å². The average molecular weight is 1340 g/mol. The van der Waals surface area contributed by atoms with Gasteiger partial charge in [0.15, 0.2) is 5.78 Å². The van der Waals surface area contributed by atoms with Crippen molar-refractivity contribution in [2.24, 2.45) is 11.6 Å². The molecule has 0 fully saturated rings. The van der Waals surface area contributed by atoms with Gasteiger partial charge in [-0.1, -0.05) is 186 Å². The number of rotatable bonds is 12. The largest absolute Gasteiger partial charge is 0.398 e. The molecule has 5 atom stereocenters. The third kappa shape index (κ3) is 26.0. The molecule has 0 aliphatic carbocycles. The minimum atomic E-state index is 0. The Kier molecular flexibility index (Phi) is 33.7. The van der Waals surface area contributed by atoms with Crippen molar-refractivity contribution < 1.29 is 9.18 Å². The molecule has 420 valence electrons. The van der Waals surface area contributed by atoms with Crippen molar-refractivity contribution in [1.82, 2.24) is 10.6 Å². The fourth-order valence-electron chi connectivity index (χ4n) is 7.18. The monoisotopic (exact) mass is 1330 g/mol. The number of halogens is 9. The molecular formula is C62H67Br2Cl7N6O2. The Labute approximate surface area is 519 Å². The van der Waals surface area contributed by atoms with Crippen LogP contribution in [0.25, 0.3) is 0 Å². The zero-order valence-electron chi connectivity index (χ0n) is 43.7. The van der Waals surface area contributed by atoms with Gasteiger partial charge in [0.2, 0.25) is 0 Å². The summed E-state index contributed by atoms with van der Waals surface area (Å²) in [5.41, 5.74) is 20.9. The lowest BCUT2D eigenvalue weighted by Gasteiger charge is -2.21. The standard InChI is InChI=1S/C16H16BrCl2N.C16H18Cl2N2.C13H11N.C8H6BrClO.C8H10ClN.CH4.ClH2NO/c1-10(12-4-3-5-14(18)8-12)20-11(2)13-6-7-16(19)15(17)9-13;1-10(12-4-3-5-14(17)8-12)20-11(2)13-6-7-15(18)16(19)9-13;14-13(11-7-3-1-4-8-11)12-9-5-2-6-10-12;1-5(11)6-2-3-8(10)7(9)4-6;1-6(10)7-3-2-4-8(9)5-7;;1-3-2/h3-11,20H,1-2H3;3-11,20H,19H2,1-2H3;1-10,14H;2-4H,1H3;2-6H,10H2,1H3;1H4;2H2/t2*10-,11?;;;6-;;/m11..1../s1. The summed E-state index contributed by atoms with van der Waals surface area (Å²) < 4.78 is 4.90. The maximum absolute atomic E-state index is 10.8. The molecule has 0 aromatic heterocycles. The van der Waals surface area contributed by atoms with Gasteiger partial charge in [0, 0.05) is 59.8 Å². The van der Waals surface area contributed by atoms with Gasteiger partial charge in [0.05, 0.1) is 38.3 Å². The molecule has 0 heterocycles. The maximum Gasteiger partial charge on any atom is 0.159 e. The van der Waals surface area contributed by atoms with E-state index in [0.717, 1.165) is 56.9 Å². The number of carbonyl (C=O) groups excluding carboxylic acids is 1. The number of ketones is 1. The van der Waals surface area contributed by atoms with E-state index < -0.39 is 0 Å². The van der Waals surface area contributed by atoms with E-state index in [1.807, 2.05) is 165 Å². The van der Waals surface area contributed by atoms with Crippen LogP contribution >= 0.6 is 113 Å². The number of nitrogens with one attached hydrogen (secondary N) is 3. The van der Waals surface area contributed by atoms with E-state index in [4.69, 9.17) is 86.5 Å². The van der Waals surface area contributed by atoms with Crippen molar-refractivity contribution >= 4 is 131 Å². The number of hydrogen-bond acceptors (Lipinski definition) is 8. The van der Waals surface area contributed by atoms with Crippen LogP contribution in [-0.2, 0) is 4.39 Å². The van der Waals surface area contributed by atoms with E-state index in [9.17, 15) is 4.79 Å². The Bertz CT molecular complexity index is 2960. The van der Waals surface area contributed by atoms with Crippen LogP contribution in [0, 0.1) is 5.41 Å². The summed E-state index contributed by atoms with van der Waals surface area (Å²) in [6, 6.07) is 60.6. The number of benzene rings is 8. The van der Waals surface area contributed by atoms with Gasteiger partial charge < -0.3 is 22.1 Å². The highest BCUT2D eigenvalue weighted by atomic mass is 79.9. The topological polar surface area (TPSA) is 152 Å². The molecule has 8 nitrogen and oxygen atoms in total. The summed E-state index contributed by atoms with van der Waals surface area (Å²) in [6.07, 6.45) is 0. The zero-order valence-corrected chi connectivity index (χ0v) is 52.2. The Morgan fingerprint density at radius 1 is 0.481 bits per heavy atom. The molecule has 0 radical (unpaired) electrons. The number of anilines is 1. The highest BCUT2D eigenvalue weighted by Gasteiger charge is 2.14. The van der Waals surface area contributed by atoms with E-state index in [1.54, 1.807) is 18.2 Å². The van der Waals surface area contributed by atoms with Crippen LogP contribution in [0.3, 0.4) is 0 Å². The van der Waals surface area contributed by atoms with Crippen molar-refractivity contribution in [3.8, 4) is 0 Å². The van der Waals surface area contributed by atoms with Gasteiger partial charge in [-0.3, -0.25) is 10.2 Å². The van der Waals surface area contributed by atoms with Gasteiger partial charge in [-0.2, -0.15) is 10.3 Å². The van der Waals surface area contributed by atoms with E-state index in [1.165, 1.54) is 18.1 Å². The minimum absolute atomic E-state index is 0. The van der Waals surface area contributed by atoms with Crippen LogP contribution < -0.4 is 28.0 Å². The third-order valence-corrected chi connectivity index (χ3v) is 15.0. The van der Waals surface area contributed by atoms with Crippen molar-refractivity contribution in [3.63, 3.8) is 0 Å². The summed E-state index contributed by atoms with van der Waals surface area (Å²) in [7, 11) is 0. The van der Waals surface area contributed by atoms with Gasteiger partial charge in [-0.15, -0.1) is 0 Å². The molecule has 17 heteroatoms. The molecule has 0 aliphatic rings. The van der Waals surface area contributed by atoms with Crippen LogP contribution in [0.15, 0.2) is 197 Å². The van der Waals surface area contributed by atoms with Gasteiger partial charge >= 0.3 is 0 Å². The molecule has 8 rings (SSSR count). The first kappa shape index (κ1) is 70.8. The van der Waals surface area contributed by atoms with E-state index in [-0.39, 0.29) is 43.4 Å². The first-order chi connectivity index (χ1) is 37.0. The first-order valence-corrected chi connectivity index (χ1v) is 28.4. The minimum Gasteiger partial charge on any atom is -0.398 e. The van der Waals surface area contributed by atoms with E-state index in [0.29, 0.717) is 27.0 Å². The molecule has 0 amide bonds. The summed E-state index contributed by atoms with van der Waals surface area (Å²) >= 11 is 46.4. The fourth-order valence-corrected chi connectivity index (χ4v) is 8.91. The van der Waals surface area contributed by atoms with E-state index >= 15 is 0 Å². The number of hydrogen-bond donors (Lipinski definition) is 6. The SMILES string of the molecule is C.CC(=O)c1ccc(Cl)c(Br)c1.CC(N[C@H](C)c1cccc(Cl)c1)c1ccc(Cl)c(Br)c1.CC(N[C@H](C)c1cccc(Cl)c1)c1ccc(Cl)c(N)c1.C[C@@H](N)c1cccc(Cl)c1.N=C(c1ccccc1)c1ccccc1.NOCl. The lowest BCUT2D eigenvalue weighted by Crippen LogP contribution is -2.22. The smallest absolute Gasteiger partial charge is 0.159 e. The second-order valence-electron chi connectivity index (χ2n) is 17.5. The van der Waals surface area contributed by atoms with Crippen LogP contribution in [-0.4, -0.2) is 11.5 Å². The number of nitrogen functional groups attached to an aromatic ring is 1. The van der Waals surface area contributed by atoms with Crippen molar-refractivity contribution in [2.45, 2.75) is 79.2 Å². The highest BCUT2D eigenvalue weighted by Crippen LogP contribution is 2.29. The molecule has 8 aromatic carbocycles. The number of Topliss-reactive ketones (excluding diaryl/α,β-unsaturated/α-hetero) is 1. The Hall–Kier alpha value is -4.31. The predicted octanol–water partition coefficient (Wildman–Crippen LogP) is 20.6. The Balaban J connectivity index is 0.000000340. The van der Waals surface area contributed by atoms with E-state index in [2.05, 4.69) is 104 Å². The van der Waals surface area contributed by atoms with Gasteiger partial charge in [-0.25, -0.2) is 0 Å². The van der Waals surface area contributed by atoms with Gasteiger partial charge in [0.25, 0.3) is 0 Å². The lowest BCUT2D eigenvalue weighted by molar-refractivity contribution is 0.101. The summed E-state index contributed by atoms with van der Waals surface area (Å²) in [5, 5.41) is 19.3. The summed E-state index contributed by atoms with van der Waals surface area (Å²) in [5.74, 6) is 4.16. The van der Waals surface area contributed by atoms with Crippen LogP contribution in [0.5, 0.6) is 0 Å². The maximum atomic E-state index is 10.8. The molecule has 0 bridgehead atoms. The zero-order chi connectivity index (χ0) is 57.9. The number of carbonyl (C=O) groups is 1. The fraction of sp³-hybridized carbons (Fsp3) is 0.194. The Morgan fingerprint density at radius 3 is 1.16 bits per heavy atom. The van der Waals surface area contributed by atoms with Crippen LogP contribution in [0.2, 0.25) is 30.1 Å². The Morgan fingerprint density at radius 2 is 0.823 bits per heavy atom. The molecule has 9 N–H and O–H groups in total. The van der Waals surface area contributed by atoms with Gasteiger partial charge in [-0.05, 0) is 191 Å². The molecule has 8 aromatic rings.